The molecule has 1 aromatic rings. The topological polar surface area (TPSA) is 27.3 Å². The van der Waals surface area contributed by atoms with Gasteiger partial charge in [-0.05, 0) is 30.2 Å². The quantitative estimate of drug-likeness (QED) is 0.769. The van der Waals surface area contributed by atoms with Gasteiger partial charge >= 0.3 is 0 Å². The molecule has 2 aliphatic heterocycles. The van der Waals surface area contributed by atoms with Crippen molar-refractivity contribution in [1.82, 2.24) is 5.32 Å². The van der Waals surface area contributed by atoms with E-state index >= 15 is 0 Å². The minimum Gasteiger partial charge on any atom is -0.379 e. The van der Waals surface area contributed by atoms with Crippen molar-refractivity contribution in [3.8, 4) is 0 Å². The minimum atomic E-state index is 0.940. The van der Waals surface area contributed by atoms with E-state index in [1.54, 1.807) is 0 Å². The van der Waals surface area contributed by atoms with Gasteiger partial charge in [0.15, 0.2) is 0 Å². The van der Waals surface area contributed by atoms with Gasteiger partial charge in [-0.15, -0.1) is 0 Å². The monoisotopic (exact) mass is 229 g/mol. The summed E-state index contributed by atoms with van der Waals surface area (Å²) in [5.41, 5.74) is 5.33. The molecule has 0 aliphatic carbocycles. The number of benzene rings is 1. The fourth-order valence-corrected chi connectivity index (χ4v) is 2.62. The molecule has 0 aromatic heterocycles. The predicted molar refractivity (Wildman–Crippen MR) is 73.8 cm³/mol. The summed E-state index contributed by atoms with van der Waals surface area (Å²) >= 11 is 0. The molecule has 0 bridgehead atoms. The second-order valence-corrected chi connectivity index (χ2v) is 4.77. The van der Waals surface area contributed by atoms with Gasteiger partial charge in [0.1, 0.15) is 0 Å². The van der Waals surface area contributed by atoms with E-state index in [4.69, 9.17) is 0 Å². The lowest BCUT2D eigenvalue weighted by Gasteiger charge is -2.32. The second-order valence-electron chi connectivity index (χ2n) is 4.77. The zero-order valence-corrected chi connectivity index (χ0v) is 10.3. The van der Waals surface area contributed by atoms with Crippen molar-refractivity contribution in [2.45, 2.75) is 6.92 Å². The molecule has 1 fully saturated rings. The number of piperazine rings is 1. The first-order chi connectivity index (χ1) is 8.34. The molecule has 3 rings (SSSR count). The average Bonchev–Trinajstić information content (AvgIpc) is 2.39. The SMILES string of the molecule is Cc1cc2c(c(N3CCNCC3)c1)NCC=C2. The van der Waals surface area contributed by atoms with E-state index in [1.165, 1.54) is 22.5 Å². The Bertz CT molecular complexity index is 445. The van der Waals surface area contributed by atoms with Crippen LogP contribution in [0.25, 0.3) is 6.08 Å². The van der Waals surface area contributed by atoms with Gasteiger partial charge in [0.2, 0.25) is 0 Å². The van der Waals surface area contributed by atoms with E-state index in [0.717, 1.165) is 32.7 Å². The largest absolute Gasteiger partial charge is 0.379 e. The molecule has 17 heavy (non-hydrogen) atoms. The third-order valence-electron chi connectivity index (χ3n) is 3.44. The highest BCUT2D eigenvalue weighted by Crippen LogP contribution is 2.34. The molecule has 0 spiro atoms. The molecule has 90 valence electrons. The minimum absolute atomic E-state index is 0.940. The first kappa shape index (κ1) is 10.7. The van der Waals surface area contributed by atoms with Crippen LogP contribution in [0.3, 0.4) is 0 Å². The zero-order valence-electron chi connectivity index (χ0n) is 10.3. The molecule has 2 N–H and O–H groups in total. The van der Waals surface area contributed by atoms with Gasteiger partial charge in [-0.2, -0.15) is 0 Å². The number of anilines is 2. The molecule has 0 amide bonds. The maximum Gasteiger partial charge on any atom is 0.0654 e. The lowest BCUT2D eigenvalue weighted by atomic mass is 10.0. The van der Waals surface area contributed by atoms with Crippen LogP contribution in [0.4, 0.5) is 11.4 Å². The Morgan fingerprint density at radius 1 is 1.18 bits per heavy atom. The highest BCUT2D eigenvalue weighted by molar-refractivity contribution is 5.83. The molecule has 2 heterocycles. The summed E-state index contributed by atoms with van der Waals surface area (Å²) in [5, 5.41) is 6.91. The van der Waals surface area contributed by atoms with Crippen LogP contribution in [0.5, 0.6) is 0 Å². The number of hydrogen-bond acceptors (Lipinski definition) is 3. The van der Waals surface area contributed by atoms with E-state index in [1.807, 2.05) is 0 Å². The van der Waals surface area contributed by atoms with Gasteiger partial charge in [0, 0.05) is 32.7 Å². The van der Waals surface area contributed by atoms with E-state index in [9.17, 15) is 0 Å². The van der Waals surface area contributed by atoms with E-state index < -0.39 is 0 Å². The van der Waals surface area contributed by atoms with Crippen molar-refractivity contribution in [3.63, 3.8) is 0 Å². The normalized spacial score (nSPS) is 18.8. The first-order valence-corrected chi connectivity index (χ1v) is 6.35. The van der Waals surface area contributed by atoms with E-state index in [-0.39, 0.29) is 0 Å². The van der Waals surface area contributed by atoms with Crippen molar-refractivity contribution in [1.29, 1.82) is 0 Å². The molecular weight excluding hydrogens is 210 g/mol. The van der Waals surface area contributed by atoms with Gasteiger partial charge in [-0.3, -0.25) is 0 Å². The number of hydrogen-bond donors (Lipinski definition) is 2. The van der Waals surface area contributed by atoms with Crippen LogP contribution < -0.4 is 15.5 Å². The summed E-state index contributed by atoms with van der Waals surface area (Å²) in [6, 6.07) is 4.56. The van der Waals surface area contributed by atoms with Crippen LogP contribution in [0.1, 0.15) is 11.1 Å². The molecule has 2 aliphatic rings. The fraction of sp³-hybridized carbons (Fsp3) is 0.429. The van der Waals surface area contributed by atoms with Crippen LogP contribution in [-0.4, -0.2) is 32.7 Å². The lowest BCUT2D eigenvalue weighted by Crippen LogP contribution is -2.43. The standard InChI is InChI=1S/C14H19N3/c1-11-9-12-3-2-4-16-14(12)13(10-11)17-7-5-15-6-8-17/h2-3,9-10,15-16H,4-8H2,1H3. The smallest absolute Gasteiger partial charge is 0.0654 e. The number of nitrogens with zero attached hydrogens (tertiary/aromatic N) is 1. The summed E-state index contributed by atoms with van der Waals surface area (Å²) in [6.45, 7) is 7.48. The van der Waals surface area contributed by atoms with Crippen molar-refractivity contribution in [2.24, 2.45) is 0 Å². The van der Waals surface area contributed by atoms with Crippen LogP contribution in [0.15, 0.2) is 18.2 Å². The molecule has 0 saturated carbocycles. The number of rotatable bonds is 1. The van der Waals surface area contributed by atoms with Gasteiger partial charge in [0.05, 0.1) is 11.4 Å². The Morgan fingerprint density at radius 3 is 2.82 bits per heavy atom. The fourth-order valence-electron chi connectivity index (χ4n) is 2.62. The van der Waals surface area contributed by atoms with Gasteiger partial charge in [-0.25, -0.2) is 0 Å². The molecule has 0 radical (unpaired) electrons. The summed E-state index contributed by atoms with van der Waals surface area (Å²) in [5.74, 6) is 0. The van der Waals surface area contributed by atoms with Crippen molar-refractivity contribution in [2.75, 3.05) is 42.9 Å². The van der Waals surface area contributed by atoms with Gasteiger partial charge in [-0.1, -0.05) is 12.2 Å². The van der Waals surface area contributed by atoms with Crippen molar-refractivity contribution in [3.05, 3.63) is 29.3 Å². The number of nitrogens with one attached hydrogen (secondary N) is 2. The molecule has 0 atom stereocenters. The molecule has 3 heteroatoms. The van der Waals surface area contributed by atoms with Crippen LogP contribution >= 0.6 is 0 Å². The molecule has 1 aromatic carbocycles. The van der Waals surface area contributed by atoms with Crippen LogP contribution in [0.2, 0.25) is 0 Å². The summed E-state index contributed by atoms with van der Waals surface area (Å²) in [6.07, 6.45) is 4.41. The van der Waals surface area contributed by atoms with E-state index in [0.29, 0.717) is 0 Å². The zero-order chi connectivity index (χ0) is 11.7. The number of aryl methyl sites for hydroxylation is 1. The molecule has 0 unspecified atom stereocenters. The Kier molecular flexibility index (Phi) is 2.77. The Hall–Kier alpha value is -1.48. The van der Waals surface area contributed by atoms with Crippen molar-refractivity contribution < 1.29 is 0 Å². The van der Waals surface area contributed by atoms with Crippen molar-refractivity contribution >= 4 is 17.5 Å². The van der Waals surface area contributed by atoms with Gasteiger partial charge < -0.3 is 15.5 Å². The number of fused-ring (bicyclic) bond motifs is 1. The Labute approximate surface area is 103 Å². The summed E-state index contributed by atoms with van der Waals surface area (Å²) in [7, 11) is 0. The highest BCUT2D eigenvalue weighted by Gasteiger charge is 2.17. The summed E-state index contributed by atoms with van der Waals surface area (Å²) < 4.78 is 0. The third kappa shape index (κ3) is 2.03. The van der Waals surface area contributed by atoms with Crippen LogP contribution in [0, 0.1) is 6.92 Å². The van der Waals surface area contributed by atoms with Crippen LogP contribution in [-0.2, 0) is 0 Å². The second kappa shape index (κ2) is 4.41. The highest BCUT2D eigenvalue weighted by atomic mass is 15.2. The molecular formula is C14H19N3. The third-order valence-corrected chi connectivity index (χ3v) is 3.44. The van der Waals surface area contributed by atoms with Gasteiger partial charge in [0.25, 0.3) is 0 Å². The maximum absolute atomic E-state index is 3.51. The van der Waals surface area contributed by atoms with E-state index in [2.05, 4.69) is 46.7 Å². The summed E-state index contributed by atoms with van der Waals surface area (Å²) in [4.78, 5) is 2.48. The maximum atomic E-state index is 3.51. The molecule has 3 nitrogen and oxygen atoms in total. The average molecular weight is 229 g/mol. The molecule has 1 saturated heterocycles. The first-order valence-electron chi connectivity index (χ1n) is 6.35. The lowest BCUT2D eigenvalue weighted by molar-refractivity contribution is 0.589. The Morgan fingerprint density at radius 2 is 2.00 bits per heavy atom. The predicted octanol–water partition coefficient (Wildman–Crippen LogP) is 1.84. The Balaban J connectivity index is 2.02.